The van der Waals surface area contributed by atoms with Gasteiger partial charge in [-0.15, -0.1) is 0 Å². The van der Waals surface area contributed by atoms with Gasteiger partial charge in [-0.1, -0.05) is 6.07 Å². The Kier molecular flexibility index (Phi) is 5.62. The number of benzene rings is 2. The quantitative estimate of drug-likeness (QED) is 0.657. The summed E-state index contributed by atoms with van der Waals surface area (Å²) < 4.78 is 36.9. The van der Waals surface area contributed by atoms with Gasteiger partial charge in [0.15, 0.2) is 6.61 Å². The third-order valence-electron chi connectivity index (χ3n) is 2.81. The van der Waals surface area contributed by atoms with E-state index in [4.69, 9.17) is 9.47 Å². The summed E-state index contributed by atoms with van der Waals surface area (Å²) in [4.78, 5) is 11.5. The molecule has 23 heavy (non-hydrogen) atoms. The van der Waals surface area contributed by atoms with Crippen molar-refractivity contribution in [2.45, 2.75) is 0 Å². The van der Waals surface area contributed by atoms with Crippen molar-refractivity contribution < 1.29 is 23.0 Å². The molecule has 0 saturated heterocycles. The van der Waals surface area contributed by atoms with Crippen LogP contribution in [0.5, 0.6) is 11.5 Å². The zero-order chi connectivity index (χ0) is 16.7. The Morgan fingerprint density at radius 1 is 1.13 bits per heavy atom. The SMILES string of the molecule is COc1ccc(OCC(=O)N/N=C/c2c(F)cccc2F)cc1. The molecule has 1 N–H and O–H groups in total. The van der Waals surface area contributed by atoms with Crippen LogP contribution in [0.25, 0.3) is 0 Å². The number of halogens is 2. The number of carbonyl (C=O) groups is 1. The first-order valence-corrected chi connectivity index (χ1v) is 6.63. The molecule has 1 amide bonds. The van der Waals surface area contributed by atoms with E-state index in [1.54, 1.807) is 31.4 Å². The van der Waals surface area contributed by atoms with Crippen molar-refractivity contribution in [2.24, 2.45) is 5.10 Å². The Balaban J connectivity index is 1.84. The lowest BCUT2D eigenvalue weighted by Gasteiger charge is -2.06. The van der Waals surface area contributed by atoms with Crippen LogP contribution in [-0.2, 0) is 4.79 Å². The lowest BCUT2D eigenvalue weighted by molar-refractivity contribution is -0.123. The lowest BCUT2D eigenvalue weighted by atomic mass is 10.2. The minimum atomic E-state index is -0.766. The van der Waals surface area contributed by atoms with E-state index >= 15 is 0 Å². The summed E-state index contributed by atoms with van der Waals surface area (Å²) in [5.74, 6) is -0.952. The maximum atomic E-state index is 13.3. The van der Waals surface area contributed by atoms with Gasteiger partial charge < -0.3 is 9.47 Å². The van der Waals surface area contributed by atoms with Crippen LogP contribution >= 0.6 is 0 Å². The largest absolute Gasteiger partial charge is 0.497 e. The fourth-order valence-corrected chi connectivity index (χ4v) is 1.66. The average Bonchev–Trinajstić information content (AvgIpc) is 2.56. The molecule has 0 aliphatic carbocycles. The fraction of sp³-hybridized carbons (Fsp3) is 0.125. The summed E-state index contributed by atoms with van der Waals surface area (Å²) in [6, 6.07) is 10.1. The third kappa shape index (κ3) is 4.77. The summed E-state index contributed by atoms with van der Waals surface area (Å²) in [5.41, 5.74) is 1.80. The second-order valence-electron chi connectivity index (χ2n) is 4.39. The van der Waals surface area contributed by atoms with Gasteiger partial charge in [0.25, 0.3) is 5.91 Å². The summed E-state index contributed by atoms with van der Waals surface area (Å²) in [7, 11) is 1.54. The maximum absolute atomic E-state index is 13.3. The van der Waals surface area contributed by atoms with Gasteiger partial charge in [0, 0.05) is 0 Å². The number of hydrazone groups is 1. The average molecular weight is 320 g/mol. The van der Waals surface area contributed by atoms with Gasteiger partial charge in [0.1, 0.15) is 23.1 Å². The molecule has 7 heteroatoms. The first kappa shape index (κ1) is 16.4. The third-order valence-corrected chi connectivity index (χ3v) is 2.81. The van der Waals surface area contributed by atoms with E-state index in [2.05, 4.69) is 10.5 Å². The molecule has 0 aliphatic rings. The molecule has 0 spiro atoms. The molecule has 0 saturated carbocycles. The molecule has 0 unspecified atom stereocenters. The van der Waals surface area contributed by atoms with Crippen molar-refractivity contribution in [3.05, 3.63) is 59.7 Å². The van der Waals surface area contributed by atoms with Gasteiger partial charge in [0.05, 0.1) is 18.9 Å². The Hall–Kier alpha value is -2.96. The van der Waals surface area contributed by atoms with E-state index < -0.39 is 17.5 Å². The van der Waals surface area contributed by atoms with Crippen molar-refractivity contribution in [1.29, 1.82) is 0 Å². The predicted molar refractivity (Wildman–Crippen MR) is 80.6 cm³/mol. The van der Waals surface area contributed by atoms with Crippen LogP contribution in [0.3, 0.4) is 0 Å². The lowest BCUT2D eigenvalue weighted by Crippen LogP contribution is -2.24. The number of nitrogens with one attached hydrogen (secondary N) is 1. The molecular weight excluding hydrogens is 306 g/mol. The van der Waals surface area contributed by atoms with E-state index in [1.807, 2.05) is 0 Å². The van der Waals surface area contributed by atoms with E-state index in [0.29, 0.717) is 11.5 Å². The highest BCUT2D eigenvalue weighted by Crippen LogP contribution is 2.16. The molecule has 0 aliphatic heterocycles. The van der Waals surface area contributed by atoms with Crippen molar-refractivity contribution in [1.82, 2.24) is 5.43 Å². The maximum Gasteiger partial charge on any atom is 0.277 e. The molecule has 0 bridgehead atoms. The van der Waals surface area contributed by atoms with Crippen molar-refractivity contribution in [3.8, 4) is 11.5 Å². The summed E-state index contributed by atoms with van der Waals surface area (Å²) in [6.45, 7) is -0.288. The van der Waals surface area contributed by atoms with Crippen LogP contribution in [0, 0.1) is 11.6 Å². The van der Waals surface area contributed by atoms with Gasteiger partial charge >= 0.3 is 0 Å². The molecule has 5 nitrogen and oxygen atoms in total. The molecular formula is C16H14F2N2O3. The van der Waals surface area contributed by atoms with E-state index in [0.717, 1.165) is 18.3 Å². The minimum absolute atomic E-state index is 0.288. The minimum Gasteiger partial charge on any atom is -0.497 e. The highest BCUT2D eigenvalue weighted by Gasteiger charge is 2.06. The number of nitrogens with zero attached hydrogens (tertiary/aromatic N) is 1. The molecule has 120 valence electrons. The zero-order valence-corrected chi connectivity index (χ0v) is 12.3. The van der Waals surface area contributed by atoms with Gasteiger partial charge in [-0.2, -0.15) is 5.10 Å². The summed E-state index contributed by atoms with van der Waals surface area (Å²) >= 11 is 0. The zero-order valence-electron chi connectivity index (χ0n) is 12.3. The Bertz CT molecular complexity index is 683. The molecule has 0 atom stereocenters. The second kappa shape index (κ2) is 7.88. The smallest absolute Gasteiger partial charge is 0.277 e. The molecule has 0 aromatic heterocycles. The Morgan fingerprint density at radius 2 is 1.74 bits per heavy atom. The highest BCUT2D eigenvalue weighted by molar-refractivity contribution is 5.83. The highest BCUT2D eigenvalue weighted by atomic mass is 19.1. The number of hydrogen-bond donors (Lipinski definition) is 1. The predicted octanol–water partition coefficient (Wildman–Crippen LogP) is 2.50. The molecule has 0 heterocycles. The van der Waals surface area contributed by atoms with Crippen LogP contribution in [0.15, 0.2) is 47.6 Å². The first-order valence-electron chi connectivity index (χ1n) is 6.63. The van der Waals surface area contributed by atoms with E-state index in [9.17, 15) is 13.6 Å². The number of amides is 1. The normalized spacial score (nSPS) is 10.6. The van der Waals surface area contributed by atoms with E-state index in [1.165, 1.54) is 6.07 Å². The number of rotatable bonds is 6. The second-order valence-corrected chi connectivity index (χ2v) is 4.39. The van der Waals surface area contributed by atoms with Gasteiger partial charge in [-0.3, -0.25) is 4.79 Å². The monoisotopic (exact) mass is 320 g/mol. The van der Waals surface area contributed by atoms with Gasteiger partial charge in [0.2, 0.25) is 0 Å². The van der Waals surface area contributed by atoms with Crippen LogP contribution in [0.4, 0.5) is 8.78 Å². The standard InChI is InChI=1S/C16H14F2N2O3/c1-22-11-5-7-12(8-6-11)23-10-16(21)20-19-9-13-14(17)3-2-4-15(13)18/h2-9H,10H2,1H3,(H,20,21)/b19-9+. The Labute approximate surface area is 131 Å². The van der Waals surface area contributed by atoms with Crippen LogP contribution < -0.4 is 14.9 Å². The molecule has 0 radical (unpaired) electrons. The van der Waals surface area contributed by atoms with Crippen molar-refractivity contribution in [2.75, 3.05) is 13.7 Å². The number of carbonyl (C=O) groups excluding carboxylic acids is 1. The molecule has 0 fully saturated rings. The van der Waals surface area contributed by atoms with Crippen LogP contribution in [0.2, 0.25) is 0 Å². The van der Waals surface area contributed by atoms with Crippen molar-refractivity contribution in [3.63, 3.8) is 0 Å². The van der Waals surface area contributed by atoms with Crippen LogP contribution in [0.1, 0.15) is 5.56 Å². The number of methoxy groups -OCH3 is 1. The van der Waals surface area contributed by atoms with Gasteiger partial charge in [-0.05, 0) is 36.4 Å². The summed E-state index contributed by atoms with van der Waals surface area (Å²) in [5, 5.41) is 3.50. The van der Waals surface area contributed by atoms with Crippen molar-refractivity contribution >= 4 is 12.1 Å². The number of ether oxygens (including phenoxy) is 2. The Morgan fingerprint density at radius 3 is 2.35 bits per heavy atom. The fourth-order valence-electron chi connectivity index (χ4n) is 1.66. The topological polar surface area (TPSA) is 59.9 Å². The summed E-state index contributed by atoms with van der Waals surface area (Å²) in [6.07, 6.45) is 0.899. The molecule has 2 aromatic carbocycles. The molecule has 2 rings (SSSR count). The van der Waals surface area contributed by atoms with E-state index in [-0.39, 0.29) is 12.2 Å². The first-order chi connectivity index (χ1) is 11.1. The van der Waals surface area contributed by atoms with Gasteiger partial charge in [-0.25, -0.2) is 14.2 Å². The number of hydrogen-bond acceptors (Lipinski definition) is 4. The van der Waals surface area contributed by atoms with Crippen LogP contribution in [-0.4, -0.2) is 25.8 Å². The molecule has 2 aromatic rings.